The lowest BCUT2D eigenvalue weighted by Gasteiger charge is -2.12. The smallest absolute Gasteiger partial charge is 0.141 e. The topological polar surface area (TPSA) is 70.4 Å². The van der Waals surface area contributed by atoms with Crippen LogP contribution in [0.3, 0.4) is 0 Å². The molecule has 0 radical (unpaired) electrons. The Morgan fingerprint density at radius 1 is 1.53 bits per heavy atom. The van der Waals surface area contributed by atoms with Crippen LogP contribution >= 0.6 is 0 Å². The van der Waals surface area contributed by atoms with Gasteiger partial charge in [-0.25, -0.2) is 4.98 Å². The number of nitrogen functional groups attached to an aromatic ring is 1. The highest BCUT2D eigenvalue weighted by Crippen LogP contribution is 2.15. The van der Waals surface area contributed by atoms with Crippen molar-refractivity contribution in [2.75, 3.05) is 19.0 Å². The Hall–Kier alpha value is -2.04. The molecular formula is C10H13N5. The molecule has 0 aliphatic heterocycles. The molecule has 2 aromatic heterocycles. The van der Waals surface area contributed by atoms with E-state index in [1.165, 1.54) is 0 Å². The van der Waals surface area contributed by atoms with E-state index >= 15 is 0 Å². The zero-order valence-electron chi connectivity index (χ0n) is 8.73. The average molecular weight is 203 g/mol. The molecule has 0 saturated carbocycles. The Kier molecular flexibility index (Phi) is 2.07. The van der Waals surface area contributed by atoms with E-state index in [1.807, 2.05) is 37.3 Å². The van der Waals surface area contributed by atoms with Gasteiger partial charge in [0.25, 0.3) is 0 Å². The predicted octanol–water partition coefficient (Wildman–Crippen LogP) is 0.684. The van der Waals surface area contributed by atoms with Crippen LogP contribution in [0.4, 0.5) is 5.69 Å². The summed E-state index contributed by atoms with van der Waals surface area (Å²) >= 11 is 0. The maximum atomic E-state index is 7.38. The maximum absolute atomic E-state index is 7.38. The average Bonchev–Trinajstić information content (AvgIpc) is 2.59. The monoisotopic (exact) mass is 203 g/mol. The lowest BCUT2D eigenvalue weighted by molar-refractivity contribution is 1.10. The molecule has 0 saturated heterocycles. The van der Waals surface area contributed by atoms with Crippen molar-refractivity contribution in [2.24, 2.45) is 5.73 Å². The zero-order chi connectivity index (χ0) is 11.0. The second-order valence-corrected chi connectivity index (χ2v) is 3.56. The van der Waals surface area contributed by atoms with Crippen LogP contribution in [0.15, 0.2) is 24.5 Å². The molecule has 2 rings (SSSR count). The van der Waals surface area contributed by atoms with Crippen molar-refractivity contribution in [3.63, 3.8) is 0 Å². The van der Waals surface area contributed by atoms with Crippen LogP contribution < -0.4 is 10.6 Å². The van der Waals surface area contributed by atoms with Gasteiger partial charge in [-0.05, 0) is 6.07 Å². The number of pyridine rings is 1. The number of nitrogens with zero attached hydrogens (tertiary/aromatic N) is 3. The highest BCUT2D eigenvalue weighted by Gasteiger charge is 2.06. The van der Waals surface area contributed by atoms with E-state index in [-0.39, 0.29) is 5.84 Å². The fourth-order valence-corrected chi connectivity index (χ4v) is 1.45. The summed E-state index contributed by atoms with van der Waals surface area (Å²) in [5.41, 5.74) is 7.92. The van der Waals surface area contributed by atoms with Gasteiger partial charge in [0.15, 0.2) is 0 Å². The van der Waals surface area contributed by atoms with Crippen molar-refractivity contribution in [3.05, 3.63) is 30.2 Å². The Labute approximate surface area is 87.6 Å². The molecule has 0 spiro atoms. The SMILES string of the molecule is CN(C)c1ccn2c(C(=N)N)cnc2c1. The molecule has 0 aliphatic rings. The number of imidazole rings is 1. The molecule has 0 aliphatic carbocycles. The van der Waals surface area contributed by atoms with Gasteiger partial charge < -0.3 is 10.6 Å². The van der Waals surface area contributed by atoms with E-state index < -0.39 is 0 Å². The third kappa shape index (κ3) is 1.52. The van der Waals surface area contributed by atoms with Gasteiger partial charge >= 0.3 is 0 Å². The summed E-state index contributed by atoms with van der Waals surface area (Å²) in [5.74, 6) is 0.0279. The first kappa shape index (κ1) is 9.51. The number of rotatable bonds is 2. The molecular weight excluding hydrogens is 190 g/mol. The first-order valence-corrected chi connectivity index (χ1v) is 4.58. The number of amidine groups is 1. The standard InChI is InChI=1S/C10H13N5/c1-14(2)7-3-4-15-8(10(11)12)6-13-9(15)5-7/h3-6H,1-2H3,(H3,11,12). The molecule has 0 unspecified atom stereocenters. The highest BCUT2D eigenvalue weighted by atomic mass is 15.1. The number of hydrogen-bond acceptors (Lipinski definition) is 3. The minimum atomic E-state index is 0.0279. The van der Waals surface area contributed by atoms with Crippen molar-refractivity contribution < 1.29 is 0 Å². The van der Waals surface area contributed by atoms with Crippen LogP contribution in [0.2, 0.25) is 0 Å². The van der Waals surface area contributed by atoms with Crippen LogP contribution in [-0.4, -0.2) is 29.3 Å². The Bertz CT molecular complexity index is 512. The summed E-state index contributed by atoms with van der Waals surface area (Å²) in [6.07, 6.45) is 3.48. The van der Waals surface area contributed by atoms with E-state index in [4.69, 9.17) is 11.1 Å². The molecule has 0 amide bonds. The number of aromatic nitrogens is 2. The molecule has 78 valence electrons. The zero-order valence-corrected chi connectivity index (χ0v) is 8.73. The quantitative estimate of drug-likeness (QED) is 0.557. The van der Waals surface area contributed by atoms with Crippen molar-refractivity contribution in [2.45, 2.75) is 0 Å². The molecule has 2 aromatic rings. The van der Waals surface area contributed by atoms with Gasteiger partial charge in [0.05, 0.1) is 6.20 Å². The third-order valence-corrected chi connectivity index (χ3v) is 2.29. The van der Waals surface area contributed by atoms with Gasteiger partial charge in [0.2, 0.25) is 0 Å². The van der Waals surface area contributed by atoms with Gasteiger partial charge in [0.1, 0.15) is 17.2 Å². The van der Waals surface area contributed by atoms with Crippen molar-refractivity contribution in [1.82, 2.24) is 9.38 Å². The fraction of sp³-hybridized carbons (Fsp3) is 0.200. The predicted molar refractivity (Wildman–Crippen MR) is 60.5 cm³/mol. The largest absolute Gasteiger partial charge is 0.382 e. The van der Waals surface area contributed by atoms with Gasteiger partial charge in [-0.3, -0.25) is 9.81 Å². The lowest BCUT2D eigenvalue weighted by atomic mass is 10.3. The molecule has 5 nitrogen and oxygen atoms in total. The lowest BCUT2D eigenvalue weighted by Crippen LogP contribution is -2.14. The molecule has 0 aromatic carbocycles. The summed E-state index contributed by atoms with van der Waals surface area (Å²) < 4.78 is 1.80. The molecule has 15 heavy (non-hydrogen) atoms. The van der Waals surface area contributed by atoms with Gasteiger partial charge in [0, 0.05) is 32.0 Å². The number of hydrogen-bond donors (Lipinski definition) is 2. The van der Waals surface area contributed by atoms with E-state index in [0.29, 0.717) is 5.69 Å². The number of anilines is 1. The highest BCUT2D eigenvalue weighted by molar-refractivity contribution is 5.94. The Morgan fingerprint density at radius 3 is 2.87 bits per heavy atom. The van der Waals surface area contributed by atoms with E-state index in [0.717, 1.165) is 11.3 Å². The minimum Gasteiger partial charge on any atom is -0.382 e. The summed E-state index contributed by atoms with van der Waals surface area (Å²) in [4.78, 5) is 6.20. The van der Waals surface area contributed by atoms with Crippen LogP contribution in [0.5, 0.6) is 0 Å². The number of nitrogens with two attached hydrogens (primary N) is 1. The second-order valence-electron chi connectivity index (χ2n) is 3.56. The third-order valence-electron chi connectivity index (χ3n) is 2.29. The van der Waals surface area contributed by atoms with Crippen LogP contribution in [0, 0.1) is 5.41 Å². The van der Waals surface area contributed by atoms with Gasteiger partial charge in [-0.1, -0.05) is 0 Å². The minimum absolute atomic E-state index is 0.0279. The number of nitrogens with one attached hydrogen (secondary N) is 1. The van der Waals surface area contributed by atoms with Crippen molar-refractivity contribution >= 4 is 17.2 Å². The summed E-state index contributed by atoms with van der Waals surface area (Å²) in [7, 11) is 3.95. The molecule has 3 N–H and O–H groups in total. The summed E-state index contributed by atoms with van der Waals surface area (Å²) in [6, 6.07) is 3.91. The van der Waals surface area contributed by atoms with Gasteiger partial charge in [-0.15, -0.1) is 0 Å². The summed E-state index contributed by atoms with van der Waals surface area (Å²) in [5, 5.41) is 7.38. The molecule has 5 heteroatoms. The van der Waals surface area contributed by atoms with Crippen molar-refractivity contribution in [3.8, 4) is 0 Å². The molecule has 0 bridgehead atoms. The molecule has 0 atom stereocenters. The van der Waals surface area contributed by atoms with Crippen LogP contribution in [0.25, 0.3) is 5.65 Å². The van der Waals surface area contributed by atoms with Crippen LogP contribution in [0.1, 0.15) is 5.69 Å². The Balaban J connectivity index is 2.61. The second kappa shape index (κ2) is 3.27. The number of fused-ring (bicyclic) bond motifs is 1. The van der Waals surface area contributed by atoms with E-state index in [2.05, 4.69) is 4.98 Å². The fourth-order valence-electron chi connectivity index (χ4n) is 1.45. The maximum Gasteiger partial charge on any atom is 0.141 e. The first-order valence-electron chi connectivity index (χ1n) is 4.58. The normalized spacial score (nSPS) is 10.5. The van der Waals surface area contributed by atoms with Crippen molar-refractivity contribution in [1.29, 1.82) is 5.41 Å². The molecule has 2 heterocycles. The van der Waals surface area contributed by atoms with Crippen LogP contribution in [-0.2, 0) is 0 Å². The first-order chi connectivity index (χ1) is 7.09. The van der Waals surface area contributed by atoms with Gasteiger partial charge in [-0.2, -0.15) is 0 Å². The molecule has 0 fully saturated rings. The summed E-state index contributed by atoms with van der Waals surface area (Å²) in [6.45, 7) is 0. The van der Waals surface area contributed by atoms with E-state index in [1.54, 1.807) is 10.6 Å². The van der Waals surface area contributed by atoms with E-state index in [9.17, 15) is 0 Å². The Morgan fingerprint density at radius 2 is 2.27 bits per heavy atom.